The Morgan fingerprint density at radius 1 is 0.789 bits per heavy atom. The topological polar surface area (TPSA) is 110 Å². The van der Waals surface area contributed by atoms with Gasteiger partial charge in [-0.25, -0.2) is 0 Å². The molecule has 38 heavy (non-hydrogen) atoms. The molecule has 0 atom stereocenters. The average molecular weight is 615 g/mol. The minimum atomic E-state index is -1.07. The molecule has 8 nitrogen and oxygen atoms in total. The van der Waals surface area contributed by atoms with E-state index in [1.54, 1.807) is 30.3 Å². The first-order valence-electron chi connectivity index (χ1n) is 10.6. The summed E-state index contributed by atoms with van der Waals surface area (Å²) in [7, 11) is 0. The van der Waals surface area contributed by atoms with Gasteiger partial charge >= 0.3 is 5.97 Å². The Kier molecular flexibility index (Phi) is 8.30. The molecule has 0 bridgehead atoms. The first-order chi connectivity index (χ1) is 18.0. The van der Waals surface area contributed by atoms with Crippen LogP contribution in [0, 0.1) is 0 Å². The fraction of sp³-hybridized carbons (Fsp3) is 0.0800. The van der Waals surface area contributed by atoms with E-state index in [2.05, 4.69) is 5.32 Å². The Labute approximate surface area is 240 Å². The van der Waals surface area contributed by atoms with Gasteiger partial charge < -0.3 is 10.1 Å². The van der Waals surface area contributed by atoms with Gasteiger partial charge in [-0.2, -0.15) is 0 Å². The average Bonchev–Trinajstić information content (AvgIpc) is 3.15. The van der Waals surface area contributed by atoms with Crippen molar-refractivity contribution in [2.24, 2.45) is 0 Å². The quantitative estimate of drug-likeness (QED) is 0.116. The Morgan fingerprint density at radius 3 is 1.95 bits per heavy atom. The van der Waals surface area contributed by atoms with Crippen LogP contribution in [-0.2, 0) is 14.3 Å². The van der Waals surface area contributed by atoms with E-state index in [9.17, 15) is 24.0 Å². The molecular weight excluding hydrogens is 602 g/mol. The van der Waals surface area contributed by atoms with Gasteiger partial charge in [-0.15, -0.1) is 0 Å². The number of ether oxygens (including phenoxy) is 1. The number of hydrogen-bond donors (Lipinski definition) is 1. The summed E-state index contributed by atoms with van der Waals surface area (Å²) in [6, 6.07) is 12.7. The third-order valence-electron chi connectivity index (χ3n) is 5.37. The van der Waals surface area contributed by atoms with Crippen molar-refractivity contribution in [3.8, 4) is 0 Å². The standard InChI is InChI=1S/C25H13Cl5N2O6/c26-12-6-7-14(13(8-12)23(35)11-4-2-1-3-5-11)31-15(33)10-38-16(34)9-32-24(36)17-18(25(32)37)20(28)22(30)21(29)19(17)27/h1-8H,9-10H2,(H,31,33). The highest BCUT2D eigenvalue weighted by Crippen LogP contribution is 2.44. The normalized spacial score (nSPS) is 12.4. The number of nitrogens with zero attached hydrogens (tertiary/aromatic N) is 1. The van der Waals surface area contributed by atoms with E-state index < -0.39 is 36.8 Å². The number of rotatable bonds is 7. The predicted octanol–water partition coefficient (Wildman–Crippen LogP) is 5.96. The van der Waals surface area contributed by atoms with Crippen LogP contribution in [0.25, 0.3) is 0 Å². The largest absolute Gasteiger partial charge is 0.454 e. The first kappa shape index (κ1) is 27.9. The van der Waals surface area contributed by atoms with E-state index in [1.807, 2.05) is 0 Å². The fourth-order valence-corrected chi connectivity index (χ4v) is 4.79. The van der Waals surface area contributed by atoms with Gasteiger partial charge in [0.2, 0.25) is 0 Å². The van der Waals surface area contributed by atoms with Crippen molar-refractivity contribution >= 4 is 93.2 Å². The summed E-state index contributed by atoms with van der Waals surface area (Å²) < 4.78 is 4.92. The number of hydrogen-bond acceptors (Lipinski definition) is 6. The van der Waals surface area contributed by atoms with Gasteiger partial charge in [0.25, 0.3) is 17.7 Å². The summed E-state index contributed by atoms with van der Waals surface area (Å²) in [4.78, 5) is 63.8. The molecule has 3 amide bonds. The Hall–Kier alpha value is -3.14. The van der Waals surface area contributed by atoms with Gasteiger partial charge in [-0.1, -0.05) is 88.3 Å². The monoisotopic (exact) mass is 612 g/mol. The molecule has 3 aromatic rings. The minimum Gasteiger partial charge on any atom is -0.454 e. The van der Waals surface area contributed by atoms with Crippen molar-refractivity contribution in [2.75, 3.05) is 18.5 Å². The predicted molar refractivity (Wildman–Crippen MR) is 143 cm³/mol. The molecule has 194 valence electrons. The number of amides is 3. The molecule has 1 N–H and O–H groups in total. The highest BCUT2D eigenvalue weighted by Gasteiger charge is 2.42. The van der Waals surface area contributed by atoms with E-state index in [-0.39, 0.29) is 53.3 Å². The van der Waals surface area contributed by atoms with Crippen LogP contribution in [0.5, 0.6) is 0 Å². The number of fused-ring (bicyclic) bond motifs is 1. The van der Waals surface area contributed by atoms with Gasteiger partial charge in [0.1, 0.15) is 6.54 Å². The van der Waals surface area contributed by atoms with E-state index in [4.69, 9.17) is 62.7 Å². The number of esters is 1. The Balaban J connectivity index is 1.42. The lowest BCUT2D eigenvalue weighted by molar-refractivity contribution is -0.147. The number of anilines is 1. The molecule has 0 fully saturated rings. The summed E-state index contributed by atoms with van der Waals surface area (Å²) in [6.07, 6.45) is 0. The van der Waals surface area contributed by atoms with Crippen LogP contribution in [-0.4, -0.2) is 47.5 Å². The molecule has 0 saturated carbocycles. The van der Waals surface area contributed by atoms with Gasteiger partial charge in [-0.3, -0.25) is 28.9 Å². The SMILES string of the molecule is O=C(COC(=O)CN1C(=O)c2c(Cl)c(Cl)c(Cl)c(Cl)c2C1=O)Nc1ccc(Cl)cc1C(=O)c1ccccc1. The van der Waals surface area contributed by atoms with E-state index in [0.717, 1.165) is 0 Å². The van der Waals surface area contributed by atoms with Crippen molar-refractivity contribution in [3.63, 3.8) is 0 Å². The zero-order valence-electron chi connectivity index (χ0n) is 18.8. The molecule has 1 heterocycles. The summed E-state index contributed by atoms with van der Waals surface area (Å²) in [5.74, 6) is -4.10. The Bertz CT molecular complexity index is 1480. The number of imide groups is 1. The maximum Gasteiger partial charge on any atom is 0.326 e. The van der Waals surface area contributed by atoms with Crippen LogP contribution in [0.15, 0.2) is 48.5 Å². The zero-order valence-corrected chi connectivity index (χ0v) is 22.6. The van der Waals surface area contributed by atoms with Gasteiger partial charge in [0.15, 0.2) is 12.4 Å². The minimum absolute atomic E-state index is 0.125. The van der Waals surface area contributed by atoms with Crippen LogP contribution in [0.2, 0.25) is 25.1 Å². The van der Waals surface area contributed by atoms with Crippen molar-refractivity contribution in [1.29, 1.82) is 0 Å². The summed E-state index contributed by atoms with van der Waals surface area (Å²) in [5, 5.41) is 1.76. The maximum atomic E-state index is 12.9. The second kappa shape index (κ2) is 11.3. The third-order valence-corrected chi connectivity index (χ3v) is 7.41. The van der Waals surface area contributed by atoms with E-state index >= 15 is 0 Å². The number of benzene rings is 3. The maximum absolute atomic E-state index is 12.9. The number of halogens is 5. The molecule has 3 aromatic carbocycles. The number of carbonyl (C=O) groups excluding carboxylic acids is 5. The highest BCUT2D eigenvalue weighted by molar-refractivity contribution is 6.55. The molecule has 0 aromatic heterocycles. The fourth-order valence-electron chi connectivity index (χ4n) is 3.60. The van der Waals surface area contributed by atoms with Crippen LogP contribution in [0.4, 0.5) is 5.69 Å². The Morgan fingerprint density at radius 2 is 1.37 bits per heavy atom. The van der Waals surface area contributed by atoms with Crippen LogP contribution in [0.1, 0.15) is 36.6 Å². The van der Waals surface area contributed by atoms with E-state index in [1.165, 1.54) is 18.2 Å². The summed E-state index contributed by atoms with van der Waals surface area (Å²) in [5.41, 5.74) is 0.0588. The van der Waals surface area contributed by atoms with Crippen molar-refractivity contribution in [1.82, 2.24) is 4.90 Å². The number of nitrogens with one attached hydrogen (secondary N) is 1. The van der Waals surface area contributed by atoms with Gasteiger partial charge in [0, 0.05) is 16.1 Å². The summed E-state index contributed by atoms with van der Waals surface area (Å²) in [6.45, 7) is -1.61. The van der Waals surface area contributed by atoms with Crippen LogP contribution < -0.4 is 5.32 Å². The van der Waals surface area contributed by atoms with E-state index in [0.29, 0.717) is 10.5 Å². The van der Waals surface area contributed by atoms with Gasteiger partial charge in [-0.05, 0) is 18.2 Å². The molecular formula is C25H13Cl5N2O6. The summed E-state index contributed by atoms with van der Waals surface area (Å²) >= 11 is 30.1. The van der Waals surface area contributed by atoms with Gasteiger partial charge in [0.05, 0.1) is 36.9 Å². The van der Waals surface area contributed by atoms with Crippen molar-refractivity contribution < 1.29 is 28.7 Å². The van der Waals surface area contributed by atoms with Crippen LogP contribution in [0.3, 0.4) is 0 Å². The smallest absolute Gasteiger partial charge is 0.326 e. The van der Waals surface area contributed by atoms with Crippen molar-refractivity contribution in [3.05, 3.63) is 95.9 Å². The second-order valence-electron chi connectivity index (χ2n) is 7.80. The molecule has 1 aliphatic rings. The highest BCUT2D eigenvalue weighted by atomic mass is 35.5. The lowest BCUT2D eigenvalue weighted by atomic mass is 10.0. The molecule has 1 aliphatic heterocycles. The molecule has 0 aliphatic carbocycles. The lowest BCUT2D eigenvalue weighted by Crippen LogP contribution is -2.36. The molecule has 0 radical (unpaired) electrons. The zero-order chi connectivity index (χ0) is 27.7. The molecule has 13 heteroatoms. The molecule has 4 rings (SSSR count). The lowest BCUT2D eigenvalue weighted by Gasteiger charge is -2.14. The molecule has 0 unspecified atom stereocenters. The number of ketones is 1. The molecule has 0 saturated heterocycles. The molecule has 0 spiro atoms. The first-order valence-corrected chi connectivity index (χ1v) is 12.5. The number of carbonyl (C=O) groups is 5. The van der Waals surface area contributed by atoms with Crippen LogP contribution >= 0.6 is 58.0 Å². The third kappa shape index (κ3) is 5.36. The van der Waals surface area contributed by atoms with Crippen molar-refractivity contribution in [2.45, 2.75) is 0 Å². The second-order valence-corrected chi connectivity index (χ2v) is 9.74.